The maximum absolute atomic E-state index is 5.40. The standard InChI is InChI=1S/C11H11N.Y/c1-2-11-7-6-9-4-3-5-10(9)8-12-11;/h1-3,5,12H,4,6,8H2;/q-2;. The van der Waals surface area contributed by atoms with Crippen LogP contribution in [0, 0.1) is 12.7 Å². The minimum absolute atomic E-state index is 0. The third-order valence-electron chi connectivity index (χ3n) is 2.27. The summed E-state index contributed by atoms with van der Waals surface area (Å²) < 4.78 is 0. The minimum Gasteiger partial charge on any atom is -0.493 e. The number of hydrogen-bond donors (Lipinski definition) is 1. The summed E-state index contributed by atoms with van der Waals surface area (Å²) in [5.74, 6) is 0. The van der Waals surface area contributed by atoms with Gasteiger partial charge < -0.3 is 24.0 Å². The fraction of sp³-hybridized carbons (Fsp3) is 0.273. The molecule has 1 nitrogen and oxygen atoms in total. The monoisotopic (exact) mass is 246 g/mol. The Bertz CT molecular complexity index is 297. The Balaban J connectivity index is 0.000000845. The van der Waals surface area contributed by atoms with Crippen LogP contribution in [0.3, 0.4) is 0 Å². The van der Waals surface area contributed by atoms with Crippen LogP contribution in [-0.4, -0.2) is 6.54 Å². The van der Waals surface area contributed by atoms with Crippen LogP contribution in [0.4, 0.5) is 0 Å². The van der Waals surface area contributed by atoms with E-state index in [-0.39, 0.29) is 32.7 Å². The van der Waals surface area contributed by atoms with Crippen molar-refractivity contribution in [2.45, 2.75) is 12.8 Å². The molecule has 1 heterocycles. The molecule has 0 atom stereocenters. The molecule has 1 aliphatic carbocycles. The molecule has 0 saturated heterocycles. The second kappa shape index (κ2) is 4.92. The van der Waals surface area contributed by atoms with Gasteiger partial charge in [-0.3, -0.25) is 5.70 Å². The van der Waals surface area contributed by atoms with Gasteiger partial charge in [0.05, 0.1) is 0 Å². The van der Waals surface area contributed by atoms with Crippen molar-refractivity contribution in [1.82, 2.24) is 5.32 Å². The topological polar surface area (TPSA) is 12.0 Å². The molecule has 65 valence electrons. The SMILES string of the molecule is [CH-]=CC1=[C-]CC2=C(C=CC2)CN1.[Y]. The zero-order valence-corrected chi connectivity index (χ0v) is 10.3. The summed E-state index contributed by atoms with van der Waals surface area (Å²) in [6.45, 7) is 6.29. The van der Waals surface area contributed by atoms with E-state index in [1.165, 1.54) is 11.1 Å². The Morgan fingerprint density at radius 2 is 2.38 bits per heavy atom. The van der Waals surface area contributed by atoms with Crippen LogP contribution < -0.4 is 5.32 Å². The van der Waals surface area contributed by atoms with Gasteiger partial charge in [0.2, 0.25) is 0 Å². The summed E-state index contributed by atoms with van der Waals surface area (Å²) in [6, 6.07) is 0. The average molecular weight is 246 g/mol. The zero-order chi connectivity index (χ0) is 8.39. The van der Waals surface area contributed by atoms with Crippen molar-refractivity contribution in [3.8, 4) is 0 Å². The first-order valence-electron chi connectivity index (χ1n) is 4.17. The summed E-state index contributed by atoms with van der Waals surface area (Å²) >= 11 is 0. The second-order valence-electron chi connectivity index (χ2n) is 3.02. The molecule has 0 aromatic heterocycles. The third-order valence-corrected chi connectivity index (χ3v) is 2.27. The summed E-state index contributed by atoms with van der Waals surface area (Å²) in [5.41, 5.74) is 3.80. The molecule has 0 spiro atoms. The van der Waals surface area contributed by atoms with Crippen molar-refractivity contribution >= 4 is 0 Å². The molecule has 1 aliphatic heterocycles. The van der Waals surface area contributed by atoms with E-state index < -0.39 is 0 Å². The molecule has 0 amide bonds. The normalized spacial score (nSPS) is 19.5. The van der Waals surface area contributed by atoms with Gasteiger partial charge in [0.15, 0.2) is 0 Å². The van der Waals surface area contributed by atoms with E-state index in [4.69, 9.17) is 6.58 Å². The minimum atomic E-state index is 0. The van der Waals surface area contributed by atoms with Crippen molar-refractivity contribution in [3.05, 3.63) is 47.7 Å². The summed E-state index contributed by atoms with van der Waals surface area (Å²) in [6.07, 6.45) is 11.2. The van der Waals surface area contributed by atoms with Gasteiger partial charge in [-0.15, -0.1) is 6.42 Å². The maximum Gasteiger partial charge on any atom is 0.0218 e. The van der Waals surface area contributed by atoms with Crippen molar-refractivity contribution in [2.75, 3.05) is 6.54 Å². The van der Waals surface area contributed by atoms with E-state index in [0.29, 0.717) is 0 Å². The Kier molecular flexibility index (Phi) is 4.14. The van der Waals surface area contributed by atoms with Gasteiger partial charge in [-0.2, -0.15) is 0 Å². The number of allylic oxidation sites excluding steroid dienone is 4. The molecule has 1 N–H and O–H groups in total. The zero-order valence-electron chi connectivity index (χ0n) is 7.51. The fourth-order valence-electron chi connectivity index (χ4n) is 1.53. The first-order chi connectivity index (χ1) is 5.90. The van der Waals surface area contributed by atoms with Gasteiger partial charge in [0, 0.05) is 39.3 Å². The fourth-order valence-corrected chi connectivity index (χ4v) is 1.53. The molecule has 1 radical (unpaired) electrons. The summed E-state index contributed by atoms with van der Waals surface area (Å²) in [4.78, 5) is 0. The van der Waals surface area contributed by atoms with Crippen molar-refractivity contribution in [1.29, 1.82) is 0 Å². The molecule has 2 rings (SSSR count). The summed E-state index contributed by atoms with van der Waals surface area (Å²) in [7, 11) is 0. The van der Waals surface area contributed by atoms with E-state index in [1.54, 1.807) is 6.08 Å². The predicted molar refractivity (Wildman–Crippen MR) is 49.0 cm³/mol. The van der Waals surface area contributed by atoms with Gasteiger partial charge in [-0.25, -0.2) is 0 Å². The van der Waals surface area contributed by atoms with Crippen molar-refractivity contribution in [2.24, 2.45) is 0 Å². The molecule has 2 aliphatic rings. The molecule has 0 fully saturated rings. The molecular formula is C11H11NY-2. The molecular weight excluding hydrogens is 235 g/mol. The van der Waals surface area contributed by atoms with E-state index in [9.17, 15) is 0 Å². The molecule has 0 bridgehead atoms. The first-order valence-corrected chi connectivity index (χ1v) is 4.17. The quantitative estimate of drug-likeness (QED) is 0.697. The molecule has 13 heavy (non-hydrogen) atoms. The Hall–Kier alpha value is -0.136. The van der Waals surface area contributed by atoms with Gasteiger partial charge >= 0.3 is 0 Å². The van der Waals surface area contributed by atoms with Crippen LogP contribution in [0.5, 0.6) is 0 Å². The smallest absolute Gasteiger partial charge is 0.0218 e. The number of nitrogens with one attached hydrogen (secondary N) is 1. The molecule has 0 saturated carbocycles. The third kappa shape index (κ3) is 2.41. The first kappa shape index (κ1) is 10.9. The van der Waals surface area contributed by atoms with E-state index in [2.05, 4.69) is 23.5 Å². The van der Waals surface area contributed by atoms with Gasteiger partial charge in [0.1, 0.15) is 0 Å². The average Bonchev–Trinajstić information content (AvgIpc) is 2.46. The largest absolute Gasteiger partial charge is 0.493 e. The van der Waals surface area contributed by atoms with Crippen LogP contribution in [0.2, 0.25) is 0 Å². The molecule has 0 unspecified atom stereocenters. The van der Waals surface area contributed by atoms with E-state index in [1.807, 2.05) is 0 Å². The number of rotatable bonds is 1. The Morgan fingerprint density at radius 1 is 1.54 bits per heavy atom. The van der Waals surface area contributed by atoms with Crippen LogP contribution in [0.1, 0.15) is 12.8 Å². The van der Waals surface area contributed by atoms with E-state index in [0.717, 1.165) is 25.1 Å². The van der Waals surface area contributed by atoms with Gasteiger partial charge in [0.25, 0.3) is 0 Å². The predicted octanol–water partition coefficient (Wildman–Crippen LogP) is 1.91. The van der Waals surface area contributed by atoms with Crippen LogP contribution in [-0.2, 0) is 32.7 Å². The van der Waals surface area contributed by atoms with E-state index >= 15 is 0 Å². The van der Waals surface area contributed by atoms with Crippen LogP contribution in [0.25, 0.3) is 0 Å². The van der Waals surface area contributed by atoms with Crippen molar-refractivity contribution in [3.63, 3.8) is 0 Å². The van der Waals surface area contributed by atoms with Crippen molar-refractivity contribution < 1.29 is 32.7 Å². The van der Waals surface area contributed by atoms with Gasteiger partial charge in [-0.05, 0) is 12.0 Å². The van der Waals surface area contributed by atoms with Crippen LogP contribution in [0.15, 0.2) is 35.1 Å². The number of hydrogen-bond acceptors (Lipinski definition) is 1. The Labute approximate surface area is 105 Å². The molecule has 2 heteroatoms. The molecule has 0 aromatic rings. The Morgan fingerprint density at radius 3 is 3.15 bits per heavy atom. The second-order valence-corrected chi connectivity index (χ2v) is 3.02. The van der Waals surface area contributed by atoms with Crippen LogP contribution >= 0.6 is 0 Å². The molecule has 0 aromatic carbocycles. The maximum atomic E-state index is 5.40. The van der Waals surface area contributed by atoms with Gasteiger partial charge in [-0.1, -0.05) is 17.7 Å². The summed E-state index contributed by atoms with van der Waals surface area (Å²) in [5, 5.41) is 3.22.